The van der Waals surface area contributed by atoms with E-state index in [1.165, 1.54) is 24.3 Å². The van der Waals surface area contributed by atoms with Gasteiger partial charge in [-0.15, -0.1) is 11.3 Å². The average Bonchev–Trinajstić information content (AvgIpc) is 2.94. The summed E-state index contributed by atoms with van der Waals surface area (Å²) in [4.78, 5) is 4.13. The van der Waals surface area contributed by atoms with Gasteiger partial charge < -0.3 is 0 Å². The Balaban J connectivity index is 1.96. The molecule has 0 saturated carbocycles. The first-order valence-electron chi connectivity index (χ1n) is 5.28. The van der Waals surface area contributed by atoms with Gasteiger partial charge in [0.15, 0.2) is 5.13 Å². The number of anilines is 1. The number of fused-ring (bicyclic) bond motifs is 1. The zero-order chi connectivity index (χ0) is 14.3. The number of aromatic nitrogens is 1. The Morgan fingerprint density at radius 1 is 1.20 bits per heavy atom. The molecule has 20 heavy (non-hydrogen) atoms. The smallest absolute Gasteiger partial charge is 0.254 e. The Morgan fingerprint density at radius 2 is 2.00 bits per heavy atom. The van der Waals surface area contributed by atoms with Crippen LogP contribution >= 0.6 is 38.6 Å². The van der Waals surface area contributed by atoms with Crippen molar-refractivity contribution in [3.63, 3.8) is 0 Å². The number of nitrogens with one attached hydrogen (secondary N) is 1. The topological polar surface area (TPSA) is 59.1 Å². The van der Waals surface area contributed by atoms with E-state index in [2.05, 4.69) is 25.6 Å². The maximum atomic E-state index is 13.1. The van der Waals surface area contributed by atoms with Crippen molar-refractivity contribution in [1.82, 2.24) is 4.98 Å². The van der Waals surface area contributed by atoms with Gasteiger partial charge in [-0.25, -0.2) is 17.8 Å². The van der Waals surface area contributed by atoms with Crippen LogP contribution in [0, 0.1) is 5.82 Å². The molecule has 0 aliphatic heterocycles. The Kier molecular flexibility index (Phi) is 3.53. The van der Waals surface area contributed by atoms with E-state index in [1.54, 1.807) is 6.07 Å². The number of thiazole rings is 1. The fourth-order valence-electron chi connectivity index (χ4n) is 1.55. The first-order chi connectivity index (χ1) is 9.44. The van der Waals surface area contributed by atoms with Gasteiger partial charge in [-0.1, -0.05) is 11.3 Å². The molecule has 4 nitrogen and oxygen atoms in total. The number of hydrogen-bond acceptors (Lipinski definition) is 5. The Bertz CT molecular complexity index is 888. The Labute approximate surface area is 130 Å². The van der Waals surface area contributed by atoms with E-state index in [9.17, 15) is 12.8 Å². The Morgan fingerprint density at radius 3 is 2.70 bits per heavy atom. The third-order valence-electron chi connectivity index (χ3n) is 2.39. The van der Waals surface area contributed by atoms with Gasteiger partial charge in [-0.3, -0.25) is 4.72 Å². The molecule has 0 aliphatic carbocycles. The van der Waals surface area contributed by atoms with Crippen molar-refractivity contribution in [2.24, 2.45) is 0 Å². The monoisotopic (exact) mass is 392 g/mol. The SMILES string of the molecule is O=S(=O)(Nc1nc2ccc(F)cc2s1)c1ccc(Br)s1. The summed E-state index contributed by atoms with van der Waals surface area (Å²) in [5.41, 5.74) is 0.557. The van der Waals surface area contributed by atoms with E-state index in [0.717, 1.165) is 26.5 Å². The molecule has 0 radical (unpaired) electrons. The van der Waals surface area contributed by atoms with Crippen LogP contribution in [0.4, 0.5) is 9.52 Å². The first kappa shape index (κ1) is 13.9. The molecule has 2 heterocycles. The highest BCUT2D eigenvalue weighted by molar-refractivity contribution is 9.11. The second kappa shape index (κ2) is 5.06. The minimum absolute atomic E-state index is 0.190. The first-order valence-corrected chi connectivity index (χ1v) is 9.19. The molecular formula is C11H6BrFN2O2S3. The summed E-state index contributed by atoms with van der Waals surface area (Å²) < 4.78 is 41.3. The molecule has 0 spiro atoms. The number of thiophene rings is 1. The molecular weight excluding hydrogens is 387 g/mol. The van der Waals surface area contributed by atoms with E-state index in [1.807, 2.05) is 0 Å². The third kappa shape index (κ3) is 2.71. The van der Waals surface area contributed by atoms with E-state index in [-0.39, 0.29) is 15.2 Å². The van der Waals surface area contributed by atoms with Crippen LogP contribution in [0.2, 0.25) is 0 Å². The van der Waals surface area contributed by atoms with Crippen LogP contribution in [0.5, 0.6) is 0 Å². The zero-order valence-electron chi connectivity index (χ0n) is 9.63. The average molecular weight is 393 g/mol. The fourth-order valence-corrected chi connectivity index (χ4v) is 5.68. The maximum absolute atomic E-state index is 13.1. The van der Waals surface area contributed by atoms with Gasteiger partial charge in [0, 0.05) is 0 Å². The van der Waals surface area contributed by atoms with Crippen molar-refractivity contribution in [3.05, 3.63) is 39.9 Å². The van der Waals surface area contributed by atoms with Crippen LogP contribution in [0.15, 0.2) is 38.3 Å². The fraction of sp³-hybridized carbons (Fsp3) is 0. The number of benzene rings is 1. The minimum atomic E-state index is -3.66. The predicted octanol–water partition coefficient (Wildman–Crippen LogP) is 4.06. The molecule has 0 fully saturated rings. The van der Waals surface area contributed by atoms with Crippen molar-refractivity contribution in [2.75, 3.05) is 4.72 Å². The molecule has 0 unspecified atom stereocenters. The lowest BCUT2D eigenvalue weighted by molar-refractivity contribution is 0.603. The van der Waals surface area contributed by atoms with Crippen molar-refractivity contribution in [1.29, 1.82) is 0 Å². The number of nitrogens with zero attached hydrogens (tertiary/aromatic N) is 1. The van der Waals surface area contributed by atoms with Gasteiger partial charge in [0.2, 0.25) is 0 Å². The van der Waals surface area contributed by atoms with Gasteiger partial charge in [0.1, 0.15) is 10.0 Å². The third-order valence-corrected chi connectivity index (χ3v) is 6.90. The molecule has 2 aromatic heterocycles. The molecule has 0 atom stereocenters. The van der Waals surface area contributed by atoms with Crippen molar-refractivity contribution < 1.29 is 12.8 Å². The highest BCUT2D eigenvalue weighted by atomic mass is 79.9. The molecule has 3 rings (SSSR count). The summed E-state index contributed by atoms with van der Waals surface area (Å²) in [5.74, 6) is -0.377. The molecule has 3 aromatic rings. The lowest BCUT2D eigenvalue weighted by atomic mass is 10.3. The molecule has 9 heteroatoms. The molecule has 0 amide bonds. The van der Waals surface area contributed by atoms with Crippen LogP contribution in [-0.4, -0.2) is 13.4 Å². The molecule has 1 N–H and O–H groups in total. The largest absolute Gasteiger partial charge is 0.273 e. The van der Waals surface area contributed by atoms with E-state index in [0.29, 0.717) is 10.2 Å². The highest BCUT2D eigenvalue weighted by Gasteiger charge is 2.18. The summed E-state index contributed by atoms with van der Waals surface area (Å²) in [6.07, 6.45) is 0. The molecule has 1 aromatic carbocycles. The van der Waals surface area contributed by atoms with Crippen molar-refractivity contribution in [2.45, 2.75) is 4.21 Å². The van der Waals surface area contributed by atoms with Crippen LogP contribution in [0.25, 0.3) is 10.2 Å². The number of halogens is 2. The van der Waals surface area contributed by atoms with Crippen molar-refractivity contribution >= 4 is 64.0 Å². The van der Waals surface area contributed by atoms with E-state index in [4.69, 9.17) is 0 Å². The van der Waals surface area contributed by atoms with Gasteiger partial charge in [-0.2, -0.15) is 0 Å². The number of rotatable bonds is 3. The lowest BCUT2D eigenvalue weighted by Gasteiger charge is -2.01. The second-order valence-electron chi connectivity index (χ2n) is 3.80. The van der Waals surface area contributed by atoms with Crippen LogP contribution < -0.4 is 4.72 Å². The molecule has 0 bridgehead atoms. The predicted molar refractivity (Wildman–Crippen MR) is 82.4 cm³/mol. The number of sulfonamides is 1. The lowest BCUT2D eigenvalue weighted by Crippen LogP contribution is -2.10. The van der Waals surface area contributed by atoms with Crippen molar-refractivity contribution in [3.8, 4) is 0 Å². The summed E-state index contributed by atoms with van der Waals surface area (Å²) in [5, 5.41) is 0.218. The molecule has 104 valence electrons. The molecule has 0 aliphatic rings. The van der Waals surface area contributed by atoms with Gasteiger partial charge in [0.05, 0.1) is 14.0 Å². The van der Waals surface area contributed by atoms with Crippen LogP contribution in [0.1, 0.15) is 0 Å². The summed E-state index contributed by atoms with van der Waals surface area (Å²) in [7, 11) is -3.66. The highest BCUT2D eigenvalue weighted by Crippen LogP contribution is 2.31. The second-order valence-corrected chi connectivity index (χ2v) is 9.20. The standard InChI is InChI=1S/C11H6BrFN2O2S3/c12-9-3-4-10(19-9)20(16,17)15-11-14-7-2-1-6(13)5-8(7)18-11/h1-5H,(H,14,15). The Hall–Kier alpha value is -1.03. The summed E-state index contributed by atoms with van der Waals surface area (Å²) in [6, 6.07) is 7.29. The quantitative estimate of drug-likeness (QED) is 0.730. The maximum Gasteiger partial charge on any atom is 0.273 e. The number of hydrogen-bond donors (Lipinski definition) is 1. The van der Waals surface area contributed by atoms with E-state index < -0.39 is 10.0 Å². The van der Waals surface area contributed by atoms with Crippen LogP contribution in [-0.2, 0) is 10.0 Å². The van der Waals surface area contributed by atoms with Crippen LogP contribution in [0.3, 0.4) is 0 Å². The summed E-state index contributed by atoms with van der Waals surface area (Å²) in [6.45, 7) is 0. The van der Waals surface area contributed by atoms with Gasteiger partial charge in [-0.05, 0) is 46.3 Å². The molecule has 0 saturated heterocycles. The van der Waals surface area contributed by atoms with E-state index >= 15 is 0 Å². The zero-order valence-corrected chi connectivity index (χ0v) is 13.7. The minimum Gasteiger partial charge on any atom is -0.254 e. The summed E-state index contributed by atoms with van der Waals surface area (Å²) >= 11 is 5.42. The normalized spacial score (nSPS) is 11.9. The van der Waals surface area contributed by atoms with Gasteiger partial charge in [0.25, 0.3) is 10.0 Å². The van der Waals surface area contributed by atoms with Gasteiger partial charge >= 0.3 is 0 Å².